The summed E-state index contributed by atoms with van der Waals surface area (Å²) in [6.07, 6.45) is 10.7. The molecule has 4 heteroatoms. The van der Waals surface area contributed by atoms with Gasteiger partial charge in [-0.3, -0.25) is 0 Å². The summed E-state index contributed by atoms with van der Waals surface area (Å²) in [6.45, 7) is 2.00. The van der Waals surface area contributed by atoms with Crippen molar-refractivity contribution in [3.05, 3.63) is 60.2 Å². The number of aromatic nitrogens is 3. The van der Waals surface area contributed by atoms with E-state index in [1.54, 1.807) is 4.80 Å². The molecule has 0 aliphatic heterocycles. The Morgan fingerprint density at radius 3 is 2.58 bits per heavy atom. The van der Waals surface area contributed by atoms with Crippen molar-refractivity contribution in [1.82, 2.24) is 15.0 Å². The molecule has 1 aliphatic carbocycles. The molecule has 2 aromatic rings. The van der Waals surface area contributed by atoms with Gasteiger partial charge in [0, 0.05) is 6.42 Å². The van der Waals surface area contributed by atoms with Gasteiger partial charge in [-0.1, -0.05) is 48.0 Å². The van der Waals surface area contributed by atoms with E-state index in [1.165, 1.54) is 5.57 Å². The number of benzene rings is 1. The number of hydrogen-bond acceptors (Lipinski definition) is 2. The molecule has 3 nitrogen and oxygen atoms in total. The zero-order chi connectivity index (χ0) is 13.3. The largest absolute Gasteiger partial charge is 0.177 e. The van der Waals surface area contributed by atoms with Crippen LogP contribution in [-0.2, 0) is 5.00 Å². The molecule has 0 fully saturated rings. The fourth-order valence-electron chi connectivity index (χ4n) is 2.22. The second-order valence-electron chi connectivity index (χ2n) is 4.57. The quantitative estimate of drug-likeness (QED) is 0.778. The summed E-state index contributed by atoms with van der Waals surface area (Å²) in [5, 5.41) is 8.95. The molecule has 0 saturated carbocycles. The van der Waals surface area contributed by atoms with Crippen LogP contribution < -0.4 is 0 Å². The predicted octanol–water partition coefficient (Wildman–Crippen LogP) is 3.79. The average molecular weight is 272 g/mol. The highest BCUT2D eigenvalue weighted by atomic mass is 35.5. The molecule has 3 rings (SSSR count). The van der Waals surface area contributed by atoms with Gasteiger partial charge in [0.1, 0.15) is 11.0 Å². The van der Waals surface area contributed by atoms with E-state index in [1.807, 2.05) is 49.4 Å². The van der Waals surface area contributed by atoms with Crippen molar-refractivity contribution < 1.29 is 0 Å². The molecule has 0 saturated heterocycles. The van der Waals surface area contributed by atoms with E-state index >= 15 is 0 Å². The van der Waals surface area contributed by atoms with Crippen LogP contribution in [-0.4, -0.2) is 15.0 Å². The molecule has 1 aliphatic rings. The highest BCUT2D eigenvalue weighted by molar-refractivity contribution is 6.23. The Kier molecular flexibility index (Phi) is 2.99. The van der Waals surface area contributed by atoms with Crippen molar-refractivity contribution in [3.8, 4) is 0 Å². The summed E-state index contributed by atoms with van der Waals surface area (Å²) >= 11 is 6.68. The Balaban J connectivity index is 2.01. The van der Waals surface area contributed by atoms with Crippen LogP contribution in [0.1, 0.15) is 13.3 Å². The Hall–Kier alpha value is -1.87. The second kappa shape index (κ2) is 4.67. The van der Waals surface area contributed by atoms with E-state index in [-0.39, 0.29) is 0 Å². The first-order valence-electron chi connectivity index (χ1n) is 6.24. The van der Waals surface area contributed by atoms with Gasteiger partial charge in [-0.2, -0.15) is 15.0 Å². The summed E-state index contributed by atoms with van der Waals surface area (Å²) in [5.41, 5.74) is 2.89. The maximum atomic E-state index is 6.68. The second-order valence-corrected chi connectivity index (χ2v) is 5.23. The fraction of sp³-hybridized carbons (Fsp3) is 0.200. The first-order chi connectivity index (χ1) is 9.21. The third-order valence-corrected chi connectivity index (χ3v) is 3.52. The molecular weight excluding hydrogens is 258 g/mol. The fourth-order valence-corrected chi connectivity index (χ4v) is 2.52. The van der Waals surface area contributed by atoms with E-state index in [0.717, 1.165) is 11.0 Å². The number of allylic oxidation sites excluding steroid dienone is 6. The van der Waals surface area contributed by atoms with Crippen LogP contribution in [0.5, 0.6) is 0 Å². The van der Waals surface area contributed by atoms with Crippen molar-refractivity contribution in [3.63, 3.8) is 0 Å². The van der Waals surface area contributed by atoms with Crippen molar-refractivity contribution in [2.45, 2.75) is 18.3 Å². The van der Waals surface area contributed by atoms with Crippen molar-refractivity contribution >= 4 is 22.6 Å². The number of halogens is 1. The van der Waals surface area contributed by atoms with Crippen molar-refractivity contribution in [2.75, 3.05) is 0 Å². The average Bonchev–Trinajstić information content (AvgIpc) is 2.84. The summed E-state index contributed by atoms with van der Waals surface area (Å²) in [4.78, 5) is 0.884. The molecule has 1 atom stereocenters. The van der Waals surface area contributed by atoms with Crippen LogP contribution >= 0.6 is 11.6 Å². The van der Waals surface area contributed by atoms with E-state index in [9.17, 15) is 0 Å². The third kappa shape index (κ3) is 2.22. The van der Waals surface area contributed by atoms with Crippen LogP contribution in [0.2, 0.25) is 0 Å². The Morgan fingerprint density at radius 1 is 1.26 bits per heavy atom. The minimum Gasteiger partial charge on any atom is -0.158 e. The minimum atomic E-state index is -0.720. The molecule has 1 unspecified atom stereocenters. The van der Waals surface area contributed by atoms with Gasteiger partial charge in [-0.25, -0.2) is 0 Å². The summed E-state index contributed by atoms with van der Waals surface area (Å²) in [7, 11) is 0. The number of hydrogen-bond donors (Lipinski definition) is 0. The predicted molar refractivity (Wildman–Crippen MR) is 78.0 cm³/mol. The Morgan fingerprint density at radius 2 is 1.95 bits per heavy atom. The van der Waals surface area contributed by atoms with Crippen LogP contribution in [0.25, 0.3) is 11.0 Å². The van der Waals surface area contributed by atoms with Crippen LogP contribution in [0.15, 0.2) is 60.2 Å². The lowest BCUT2D eigenvalue weighted by Crippen LogP contribution is -2.29. The van der Waals surface area contributed by atoms with Gasteiger partial charge in [-0.15, -0.1) is 0 Å². The van der Waals surface area contributed by atoms with Crippen LogP contribution in [0, 0.1) is 0 Å². The number of rotatable bonds is 2. The number of alkyl halides is 1. The Labute approximate surface area is 116 Å². The molecule has 0 amide bonds. The van der Waals surface area contributed by atoms with Gasteiger partial charge in [0.25, 0.3) is 0 Å². The zero-order valence-electron chi connectivity index (χ0n) is 10.6. The standard InChI is InChI=1S/C15H14ClN3/c1-2-6-12-7-5-10-15(16,11-12)19-17-13-8-3-4-9-14(13)18-19/h2-10H,11H2,1H3. The molecule has 1 aromatic carbocycles. The Bertz CT molecular complexity index is 663. The number of nitrogens with zero attached hydrogens (tertiary/aromatic N) is 3. The van der Waals surface area contributed by atoms with E-state index in [2.05, 4.69) is 22.3 Å². The lowest BCUT2D eigenvalue weighted by Gasteiger charge is -2.25. The molecule has 0 spiro atoms. The molecule has 96 valence electrons. The van der Waals surface area contributed by atoms with Crippen molar-refractivity contribution in [1.29, 1.82) is 0 Å². The maximum absolute atomic E-state index is 6.68. The van der Waals surface area contributed by atoms with Crippen molar-refractivity contribution in [2.24, 2.45) is 0 Å². The van der Waals surface area contributed by atoms with Gasteiger partial charge >= 0.3 is 0 Å². The van der Waals surface area contributed by atoms with Gasteiger partial charge in [-0.05, 0) is 30.7 Å². The normalized spacial score (nSPS) is 23.2. The molecule has 0 N–H and O–H groups in total. The van der Waals surface area contributed by atoms with Gasteiger partial charge < -0.3 is 0 Å². The molecule has 1 aromatic heterocycles. The molecule has 19 heavy (non-hydrogen) atoms. The SMILES string of the molecule is CC=CC1=CC=CC(Cl)(n2nc3ccccc3n2)C1. The summed E-state index contributed by atoms with van der Waals surface area (Å²) in [5.74, 6) is 0. The van der Waals surface area contributed by atoms with Crippen LogP contribution in [0.3, 0.4) is 0 Å². The van der Waals surface area contributed by atoms with E-state index in [0.29, 0.717) is 6.42 Å². The van der Waals surface area contributed by atoms with E-state index < -0.39 is 5.00 Å². The molecule has 0 bridgehead atoms. The smallest absolute Gasteiger partial charge is 0.158 e. The summed E-state index contributed by atoms with van der Waals surface area (Å²) in [6, 6.07) is 7.77. The minimum absolute atomic E-state index is 0.677. The third-order valence-electron chi connectivity index (χ3n) is 3.11. The summed E-state index contributed by atoms with van der Waals surface area (Å²) < 4.78 is 0. The highest BCUT2D eigenvalue weighted by Crippen LogP contribution is 2.34. The lowest BCUT2D eigenvalue weighted by molar-refractivity contribution is 0.419. The van der Waals surface area contributed by atoms with Gasteiger partial charge in [0.15, 0.2) is 5.00 Å². The first kappa shape index (κ1) is 12.2. The number of fused-ring (bicyclic) bond motifs is 1. The maximum Gasteiger partial charge on any atom is 0.177 e. The monoisotopic (exact) mass is 271 g/mol. The molecular formula is C15H14ClN3. The van der Waals surface area contributed by atoms with Gasteiger partial charge in [0.05, 0.1) is 0 Å². The lowest BCUT2D eigenvalue weighted by atomic mass is 10.00. The van der Waals surface area contributed by atoms with Crippen LogP contribution in [0.4, 0.5) is 0 Å². The molecule has 0 radical (unpaired) electrons. The highest BCUT2D eigenvalue weighted by Gasteiger charge is 2.31. The first-order valence-corrected chi connectivity index (χ1v) is 6.62. The van der Waals surface area contributed by atoms with E-state index in [4.69, 9.17) is 11.6 Å². The topological polar surface area (TPSA) is 30.7 Å². The molecule has 1 heterocycles. The zero-order valence-corrected chi connectivity index (χ0v) is 11.4. The van der Waals surface area contributed by atoms with Gasteiger partial charge in [0.2, 0.25) is 0 Å².